The molecule has 0 amide bonds. The third-order valence-corrected chi connectivity index (χ3v) is 3.40. The molecule has 136 valence electrons. The summed E-state index contributed by atoms with van der Waals surface area (Å²) < 4.78 is 5.67. The molecule has 2 N–H and O–H groups in total. The zero-order valence-electron chi connectivity index (χ0n) is 14.2. The van der Waals surface area contributed by atoms with Gasteiger partial charge in [-0.3, -0.25) is 0 Å². The maximum Gasteiger partial charge on any atom is 0.191 e. The Morgan fingerprint density at radius 3 is 2.64 bits per heavy atom. The molecule has 0 spiro atoms. The molecule has 1 aromatic heterocycles. The number of hydrogen-bond acceptors (Lipinski definition) is 3. The zero-order chi connectivity index (χ0) is 17.0. The molecule has 0 bridgehead atoms. The van der Waals surface area contributed by atoms with Gasteiger partial charge in [-0.1, -0.05) is 35.9 Å². The molecule has 25 heavy (non-hydrogen) atoms. The highest BCUT2D eigenvalue weighted by Gasteiger charge is 1.99. The van der Waals surface area contributed by atoms with Crippen molar-refractivity contribution in [3.63, 3.8) is 0 Å². The second-order valence-corrected chi connectivity index (χ2v) is 5.51. The molecule has 1 aromatic carbocycles. The topological polar surface area (TPSA) is 58.5 Å². The summed E-state index contributed by atoms with van der Waals surface area (Å²) in [6, 6.07) is 13.5. The molecule has 0 atom stereocenters. The van der Waals surface area contributed by atoms with Gasteiger partial charge in [0.2, 0.25) is 0 Å². The SMILES string of the molecule is CCNC(=NCc1ccc(Cl)nc1)NCCCOc1ccccc1.I. The molecule has 0 radical (unpaired) electrons. The van der Waals surface area contributed by atoms with Crippen LogP contribution in [0, 0.1) is 0 Å². The second kappa shape index (κ2) is 12.8. The highest BCUT2D eigenvalue weighted by molar-refractivity contribution is 14.0. The summed E-state index contributed by atoms with van der Waals surface area (Å²) in [5, 5.41) is 7.02. The van der Waals surface area contributed by atoms with Crippen LogP contribution in [-0.2, 0) is 6.54 Å². The van der Waals surface area contributed by atoms with Gasteiger partial charge >= 0.3 is 0 Å². The number of aromatic nitrogens is 1. The van der Waals surface area contributed by atoms with Gasteiger partial charge in [-0.2, -0.15) is 0 Å². The number of benzene rings is 1. The molecule has 0 aliphatic carbocycles. The lowest BCUT2D eigenvalue weighted by molar-refractivity contribution is 0.311. The Morgan fingerprint density at radius 2 is 1.96 bits per heavy atom. The molecular weight excluding hydrogens is 451 g/mol. The molecular formula is C18H24ClIN4O. The van der Waals surface area contributed by atoms with E-state index in [1.54, 1.807) is 12.3 Å². The molecule has 2 rings (SSSR count). The Balaban J connectivity index is 0.00000312. The van der Waals surface area contributed by atoms with Gasteiger partial charge in [-0.05, 0) is 37.1 Å². The van der Waals surface area contributed by atoms with Crippen molar-refractivity contribution in [1.29, 1.82) is 0 Å². The number of hydrogen-bond donors (Lipinski definition) is 2. The van der Waals surface area contributed by atoms with Crippen LogP contribution < -0.4 is 15.4 Å². The number of nitrogens with zero attached hydrogens (tertiary/aromatic N) is 2. The van der Waals surface area contributed by atoms with Crippen LogP contribution in [0.15, 0.2) is 53.7 Å². The van der Waals surface area contributed by atoms with Gasteiger partial charge in [0.25, 0.3) is 0 Å². The first-order chi connectivity index (χ1) is 11.8. The Kier molecular flexibility index (Phi) is 11.0. The Labute approximate surface area is 171 Å². The standard InChI is InChI=1S/C18H23ClN4O.HI/c1-2-20-18(23-14-15-9-10-17(19)22-13-15)21-11-6-12-24-16-7-4-3-5-8-16;/h3-5,7-10,13H,2,6,11-12,14H2,1H3,(H2,20,21,23);1H. The van der Waals surface area contributed by atoms with Crippen LogP contribution in [-0.4, -0.2) is 30.6 Å². The lowest BCUT2D eigenvalue weighted by Crippen LogP contribution is -2.38. The van der Waals surface area contributed by atoms with E-state index in [0.717, 1.165) is 36.8 Å². The quantitative estimate of drug-likeness (QED) is 0.200. The van der Waals surface area contributed by atoms with Crippen molar-refractivity contribution in [2.45, 2.75) is 19.9 Å². The van der Waals surface area contributed by atoms with Gasteiger partial charge in [-0.15, -0.1) is 24.0 Å². The zero-order valence-corrected chi connectivity index (χ0v) is 17.3. The van der Waals surface area contributed by atoms with Crippen molar-refractivity contribution in [3.05, 3.63) is 59.4 Å². The number of nitrogens with one attached hydrogen (secondary N) is 2. The van der Waals surface area contributed by atoms with Crippen LogP contribution in [0.5, 0.6) is 5.75 Å². The van der Waals surface area contributed by atoms with Crippen molar-refractivity contribution >= 4 is 41.5 Å². The monoisotopic (exact) mass is 474 g/mol. The fourth-order valence-corrected chi connectivity index (χ4v) is 2.11. The van der Waals surface area contributed by atoms with Gasteiger partial charge < -0.3 is 15.4 Å². The second-order valence-electron chi connectivity index (χ2n) is 5.13. The van der Waals surface area contributed by atoms with E-state index in [-0.39, 0.29) is 24.0 Å². The van der Waals surface area contributed by atoms with Crippen molar-refractivity contribution in [2.24, 2.45) is 4.99 Å². The van der Waals surface area contributed by atoms with E-state index in [0.29, 0.717) is 18.3 Å². The summed E-state index contributed by atoms with van der Waals surface area (Å²) in [5.41, 5.74) is 1.02. The number of guanidine groups is 1. The van der Waals surface area contributed by atoms with Crippen LogP contribution in [0.3, 0.4) is 0 Å². The fourth-order valence-electron chi connectivity index (χ4n) is 2.00. The van der Waals surface area contributed by atoms with Crippen LogP contribution in [0.1, 0.15) is 18.9 Å². The van der Waals surface area contributed by atoms with Crippen LogP contribution in [0.2, 0.25) is 5.15 Å². The van der Waals surface area contributed by atoms with Gasteiger partial charge in [0, 0.05) is 19.3 Å². The van der Waals surface area contributed by atoms with Crippen LogP contribution >= 0.6 is 35.6 Å². The van der Waals surface area contributed by atoms with Crippen molar-refractivity contribution < 1.29 is 4.74 Å². The predicted molar refractivity (Wildman–Crippen MR) is 114 cm³/mol. The Hall–Kier alpha value is -1.54. The number of halogens is 2. The summed E-state index contributed by atoms with van der Waals surface area (Å²) in [4.78, 5) is 8.60. The average molecular weight is 475 g/mol. The number of rotatable bonds is 8. The average Bonchev–Trinajstić information content (AvgIpc) is 2.61. The van der Waals surface area contributed by atoms with Crippen LogP contribution in [0.4, 0.5) is 0 Å². The smallest absolute Gasteiger partial charge is 0.191 e. The minimum absolute atomic E-state index is 0. The first kappa shape index (κ1) is 21.5. The molecule has 0 aliphatic rings. The molecule has 0 aliphatic heterocycles. The molecule has 0 unspecified atom stereocenters. The van der Waals surface area contributed by atoms with E-state index >= 15 is 0 Å². The van der Waals surface area contributed by atoms with Gasteiger partial charge in [0.1, 0.15) is 10.9 Å². The largest absolute Gasteiger partial charge is 0.494 e. The summed E-state index contributed by atoms with van der Waals surface area (Å²) in [5.74, 6) is 1.68. The number of ether oxygens (including phenoxy) is 1. The maximum atomic E-state index is 5.78. The molecule has 1 heterocycles. The minimum Gasteiger partial charge on any atom is -0.494 e. The highest BCUT2D eigenvalue weighted by atomic mass is 127. The predicted octanol–water partition coefficient (Wildman–Crippen LogP) is 3.88. The summed E-state index contributed by atoms with van der Waals surface area (Å²) in [7, 11) is 0. The Morgan fingerprint density at radius 1 is 1.16 bits per heavy atom. The van der Waals surface area contributed by atoms with E-state index in [4.69, 9.17) is 16.3 Å². The molecule has 0 saturated carbocycles. The molecule has 5 nitrogen and oxygen atoms in total. The van der Waals surface area contributed by atoms with Crippen molar-refractivity contribution in [1.82, 2.24) is 15.6 Å². The number of aliphatic imine (C=N–C) groups is 1. The van der Waals surface area contributed by atoms with Crippen molar-refractivity contribution in [3.8, 4) is 5.75 Å². The van der Waals surface area contributed by atoms with Crippen LogP contribution in [0.25, 0.3) is 0 Å². The lowest BCUT2D eigenvalue weighted by atomic mass is 10.3. The normalized spacial score (nSPS) is 10.7. The first-order valence-electron chi connectivity index (χ1n) is 8.08. The summed E-state index contributed by atoms with van der Waals surface area (Å²) in [6.45, 7) is 4.86. The van der Waals surface area contributed by atoms with Gasteiger partial charge in [-0.25, -0.2) is 9.98 Å². The van der Waals surface area contributed by atoms with E-state index in [1.807, 2.05) is 43.3 Å². The third-order valence-electron chi connectivity index (χ3n) is 3.18. The lowest BCUT2D eigenvalue weighted by Gasteiger charge is -2.11. The van der Waals surface area contributed by atoms with E-state index < -0.39 is 0 Å². The van der Waals surface area contributed by atoms with E-state index in [2.05, 4.69) is 20.6 Å². The first-order valence-corrected chi connectivity index (χ1v) is 8.46. The summed E-state index contributed by atoms with van der Waals surface area (Å²) in [6.07, 6.45) is 2.63. The summed E-state index contributed by atoms with van der Waals surface area (Å²) >= 11 is 5.78. The highest BCUT2D eigenvalue weighted by Crippen LogP contribution is 2.08. The van der Waals surface area contributed by atoms with Gasteiger partial charge in [0.15, 0.2) is 5.96 Å². The minimum atomic E-state index is 0. The maximum absolute atomic E-state index is 5.78. The van der Waals surface area contributed by atoms with Gasteiger partial charge in [0.05, 0.1) is 13.2 Å². The molecule has 0 fully saturated rings. The molecule has 7 heteroatoms. The molecule has 0 saturated heterocycles. The van der Waals surface area contributed by atoms with E-state index in [9.17, 15) is 0 Å². The number of pyridine rings is 1. The fraction of sp³-hybridized carbons (Fsp3) is 0.333. The van der Waals surface area contributed by atoms with Crippen molar-refractivity contribution in [2.75, 3.05) is 19.7 Å². The third kappa shape index (κ3) is 8.92. The Bertz CT molecular complexity index is 623. The number of para-hydroxylation sites is 1. The molecule has 2 aromatic rings. The van der Waals surface area contributed by atoms with E-state index in [1.165, 1.54) is 0 Å².